The van der Waals surface area contributed by atoms with E-state index in [0.29, 0.717) is 24.6 Å². The maximum atomic E-state index is 12.9. The highest BCUT2D eigenvalue weighted by Gasteiger charge is 2.25. The molecule has 0 aromatic carbocycles. The van der Waals surface area contributed by atoms with Crippen molar-refractivity contribution in [2.45, 2.75) is 39.3 Å². The van der Waals surface area contributed by atoms with Gasteiger partial charge in [-0.2, -0.15) is 10.2 Å². The SMILES string of the molecule is CCn1cc(-c2ccnc3cc(C(=O)N(C)C4CCOCC4)nn23)c(C)n1. The second-order valence-electron chi connectivity index (χ2n) is 6.87. The third-order valence-corrected chi connectivity index (χ3v) is 5.18. The first-order chi connectivity index (χ1) is 13.1. The summed E-state index contributed by atoms with van der Waals surface area (Å²) >= 11 is 0. The van der Waals surface area contributed by atoms with E-state index in [9.17, 15) is 4.79 Å². The summed E-state index contributed by atoms with van der Waals surface area (Å²) < 4.78 is 9.02. The second-order valence-corrected chi connectivity index (χ2v) is 6.87. The van der Waals surface area contributed by atoms with Crippen molar-refractivity contribution in [3.63, 3.8) is 0 Å². The number of aromatic nitrogens is 5. The van der Waals surface area contributed by atoms with Gasteiger partial charge in [0.05, 0.1) is 11.4 Å². The molecule has 0 saturated carbocycles. The van der Waals surface area contributed by atoms with Crippen LogP contribution in [0.3, 0.4) is 0 Å². The average Bonchev–Trinajstić information content (AvgIpc) is 3.30. The van der Waals surface area contributed by atoms with Gasteiger partial charge in [0.2, 0.25) is 0 Å². The van der Waals surface area contributed by atoms with E-state index >= 15 is 0 Å². The van der Waals surface area contributed by atoms with Gasteiger partial charge in [0.25, 0.3) is 5.91 Å². The molecule has 1 aliphatic rings. The van der Waals surface area contributed by atoms with E-state index in [1.165, 1.54) is 0 Å². The van der Waals surface area contributed by atoms with Crippen LogP contribution < -0.4 is 0 Å². The zero-order valence-corrected chi connectivity index (χ0v) is 15.9. The number of nitrogens with zero attached hydrogens (tertiary/aromatic N) is 6. The van der Waals surface area contributed by atoms with Crippen molar-refractivity contribution in [1.29, 1.82) is 0 Å². The van der Waals surface area contributed by atoms with Crippen LogP contribution in [0.4, 0.5) is 0 Å². The largest absolute Gasteiger partial charge is 0.381 e. The van der Waals surface area contributed by atoms with E-state index in [0.717, 1.165) is 36.3 Å². The van der Waals surface area contributed by atoms with Crippen molar-refractivity contribution in [2.24, 2.45) is 0 Å². The molecule has 0 spiro atoms. The standard InChI is InChI=1S/C19H24N6O2/c1-4-24-12-15(13(2)21-24)17-5-8-20-18-11-16(22-25(17)18)19(26)23(3)14-6-9-27-10-7-14/h5,8,11-12,14H,4,6-7,9-10H2,1-3H3. The molecule has 0 unspecified atom stereocenters. The highest BCUT2D eigenvalue weighted by molar-refractivity contribution is 5.93. The first kappa shape index (κ1) is 17.7. The van der Waals surface area contributed by atoms with Gasteiger partial charge in [-0.15, -0.1) is 0 Å². The van der Waals surface area contributed by atoms with Gasteiger partial charge in [-0.3, -0.25) is 9.48 Å². The number of carbonyl (C=O) groups excluding carboxylic acids is 1. The number of ether oxygens (including phenoxy) is 1. The maximum absolute atomic E-state index is 12.9. The summed E-state index contributed by atoms with van der Waals surface area (Å²) in [4.78, 5) is 19.1. The number of aryl methyl sites for hydroxylation is 2. The molecule has 8 heteroatoms. The van der Waals surface area contributed by atoms with E-state index < -0.39 is 0 Å². The van der Waals surface area contributed by atoms with Gasteiger partial charge in [-0.25, -0.2) is 9.50 Å². The van der Waals surface area contributed by atoms with E-state index in [-0.39, 0.29) is 11.9 Å². The Hall–Kier alpha value is -2.74. The Morgan fingerprint density at radius 2 is 2.11 bits per heavy atom. The lowest BCUT2D eigenvalue weighted by Crippen LogP contribution is -2.40. The van der Waals surface area contributed by atoms with Crippen LogP contribution in [-0.2, 0) is 11.3 Å². The van der Waals surface area contributed by atoms with Gasteiger partial charge in [0.1, 0.15) is 0 Å². The molecule has 1 aliphatic heterocycles. The van der Waals surface area contributed by atoms with Crippen LogP contribution in [0.2, 0.25) is 0 Å². The van der Waals surface area contributed by atoms with E-state index in [1.807, 2.05) is 30.9 Å². The van der Waals surface area contributed by atoms with Gasteiger partial charge in [0, 0.05) is 56.9 Å². The van der Waals surface area contributed by atoms with E-state index in [4.69, 9.17) is 4.74 Å². The van der Waals surface area contributed by atoms with Crippen LogP contribution in [0.1, 0.15) is 35.9 Å². The number of hydrogen-bond donors (Lipinski definition) is 0. The third kappa shape index (κ3) is 3.21. The Balaban J connectivity index is 1.70. The van der Waals surface area contributed by atoms with Crippen LogP contribution in [0.15, 0.2) is 24.5 Å². The van der Waals surface area contributed by atoms with Crippen molar-refractivity contribution in [3.05, 3.63) is 35.9 Å². The summed E-state index contributed by atoms with van der Waals surface area (Å²) in [6.45, 7) is 6.21. The van der Waals surface area contributed by atoms with Crippen molar-refractivity contribution in [2.75, 3.05) is 20.3 Å². The molecule has 0 bridgehead atoms. The Bertz CT molecular complexity index is 970. The molecule has 4 heterocycles. The van der Waals surface area contributed by atoms with Crippen LogP contribution in [0.5, 0.6) is 0 Å². The molecule has 4 rings (SSSR count). The predicted octanol–water partition coefficient (Wildman–Crippen LogP) is 2.17. The molecule has 3 aromatic rings. The summed E-state index contributed by atoms with van der Waals surface area (Å²) in [6, 6.07) is 3.84. The lowest BCUT2D eigenvalue weighted by Gasteiger charge is -2.30. The molecule has 1 saturated heterocycles. The minimum absolute atomic E-state index is 0.0840. The lowest BCUT2D eigenvalue weighted by atomic mass is 10.1. The minimum atomic E-state index is -0.0840. The van der Waals surface area contributed by atoms with Crippen LogP contribution in [-0.4, -0.2) is 61.5 Å². The van der Waals surface area contributed by atoms with Gasteiger partial charge >= 0.3 is 0 Å². The van der Waals surface area contributed by atoms with Crippen LogP contribution in [0.25, 0.3) is 16.9 Å². The average molecular weight is 368 g/mol. The predicted molar refractivity (Wildman–Crippen MR) is 101 cm³/mol. The molecule has 0 atom stereocenters. The van der Waals surface area contributed by atoms with Crippen LogP contribution in [0, 0.1) is 6.92 Å². The normalized spacial score (nSPS) is 15.4. The van der Waals surface area contributed by atoms with Crippen LogP contribution >= 0.6 is 0 Å². The highest BCUT2D eigenvalue weighted by Crippen LogP contribution is 2.24. The Labute approximate surface area is 157 Å². The fraction of sp³-hybridized carbons (Fsp3) is 0.474. The van der Waals surface area contributed by atoms with Gasteiger partial charge < -0.3 is 9.64 Å². The molecule has 3 aromatic heterocycles. The first-order valence-corrected chi connectivity index (χ1v) is 9.32. The molecule has 8 nitrogen and oxygen atoms in total. The summed E-state index contributed by atoms with van der Waals surface area (Å²) in [7, 11) is 1.84. The topological polar surface area (TPSA) is 77.5 Å². The van der Waals surface area contributed by atoms with Gasteiger partial charge in [-0.1, -0.05) is 0 Å². The second kappa shape index (κ2) is 7.11. The van der Waals surface area contributed by atoms with Gasteiger partial charge in [0.15, 0.2) is 11.3 Å². The molecule has 142 valence electrons. The minimum Gasteiger partial charge on any atom is -0.381 e. The lowest BCUT2D eigenvalue weighted by molar-refractivity contribution is 0.0358. The van der Waals surface area contributed by atoms with Gasteiger partial charge in [-0.05, 0) is 32.8 Å². The summed E-state index contributed by atoms with van der Waals surface area (Å²) in [5.74, 6) is -0.0840. The molecule has 0 radical (unpaired) electrons. The smallest absolute Gasteiger partial charge is 0.274 e. The number of hydrogen-bond acceptors (Lipinski definition) is 5. The quantitative estimate of drug-likeness (QED) is 0.705. The van der Waals surface area contributed by atoms with Crippen molar-refractivity contribution in [3.8, 4) is 11.3 Å². The van der Waals surface area contributed by atoms with E-state index in [2.05, 4.69) is 22.1 Å². The Kier molecular flexibility index (Phi) is 4.65. The summed E-state index contributed by atoms with van der Waals surface area (Å²) in [6.07, 6.45) is 5.45. The fourth-order valence-electron chi connectivity index (χ4n) is 3.55. The summed E-state index contributed by atoms with van der Waals surface area (Å²) in [5, 5.41) is 9.09. The molecule has 0 N–H and O–H groups in total. The summed E-state index contributed by atoms with van der Waals surface area (Å²) in [5.41, 5.74) is 3.85. The third-order valence-electron chi connectivity index (χ3n) is 5.18. The molecular formula is C19H24N6O2. The van der Waals surface area contributed by atoms with Crippen molar-refractivity contribution < 1.29 is 9.53 Å². The number of carbonyl (C=O) groups is 1. The van der Waals surface area contributed by atoms with Crippen molar-refractivity contribution >= 4 is 11.6 Å². The molecule has 0 aliphatic carbocycles. The molecule has 1 fully saturated rings. The maximum Gasteiger partial charge on any atom is 0.274 e. The van der Waals surface area contributed by atoms with E-state index in [1.54, 1.807) is 21.7 Å². The monoisotopic (exact) mass is 368 g/mol. The zero-order valence-electron chi connectivity index (χ0n) is 15.9. The first-order valence-electron chi connectivity index (χ1n) is 9.32. The number of fused-ring (bicyclic) bond motifs is 1. The molecular weight excluding hydrogens is 344 g/mol. The van der Waals surface area contributed by atoms with Crippen molar-refractivity contribution in [1.82, 2.24) is 29.3 Å². The number of amides is 1. The fourth-order valence-corrected chi connectivity index (χ4v) is 3.55. The highest BCUT2D eigenvalue weighted by atomic mass is 16.5. The Morgan fingerprint density at radius 1 is 1.33 bits per heavy atom. The Morgan fingerprint density at radius 3 is 2.81 bits per heavy atom. The zero-order chi connectivity index (χ0) is 19.0. The number of rotatable bonds is 4. The molecule has 27 heavy (non-hydrogen) atoms. The molecule has 1 amide bonds.